The lowest BCUT2D eigenvalue weighted by Gasteiger charge is -1.70. The van der Waals surface area contributed by atoms with Gasteiger partial charge in [-0.25, -0.2) is 0 Å². The number of rotatable bonds is 0. The topological polar surface area (TPSA) is 36.7 Å². The normalized spacial score (nSPS) is 5.64. The fourth-order valence-corrected chi connectivity index (χ4v) is 0.313. The molecule has 0 aromatic carbocycles. The van der Waals surface area contributed by atoms with Crippen LogP contribution in [0.5, 0.6) is 0 Å². The first-order valence-electron chi connectivity index (χ1n) is 3.57. The van der Waals surface area contributed by atoms with Crippen LogP contribution in [-0.4, -0.2) is 4.98 Å². The molecule has 0 aliphatic carbocycles. The fraction of sp³-hybridized carbons (Fsp3) is 0.333. The smallest absolute Gasteiger partial charge is 0.0587 e. The molecular weight excluding hydrogens is 136 g/mol. The van der Waals surface area contributed by atoms with Crippen LogP contribution in [0.1, 0.15) is 20.8 Å². The first-order valence-corrected chi connectivity index (χ1v) is 3.57. The molecule has 0 unspecified atom stereocenters. The van der Waals surface area contributed by atoms with Gasteiger partial charge >= 0.3 is 0 Å². The predicted octanol–water partition coefficient (Wildman–Crippen LogP) is 2.64. The Balaban J connectivity index is 0. The summed E-state index contributed by atoms with van der Waals surface area (Å²) in [5.41, 5.74) is 0. The minimum Gasteiger partial charge on any atom is -0.265 e. The van der Waals surface area contributed by atoms with Gasteiger partial charge in [0.15, 0.2) is 0 Å². The summed E-state index contributed by atoms with van der Waals surface area (Å²) in [7, 11) is 0. The minimum atomic E-state index is 1.43. The molecule has 60 valence electrons. The van der Waals surface area contributed by atoms with Gasteiger partial charge in [-0.2, -0.15) is 5.26 Å². The highest BCUT2D eigenvalue weighted by atomic mass is 14.6. The SMILES string of the molecule is CC.CC#N.c1ccncc1. The molecule has 1 aromatic rings. The van der Waals surface area contributed by atoms with Gasteiger partial charge in [0, 0.05) is 19.3 Å². The Labute approximate surface area is 68.5 Å². The molecule has 0 bridgehead atoms. The van der Waals surface area contributed by atoms with Crippen LogP contribution in [0.2, 0.25) is 0 Å². The molecule has 0 spiro atoms. The summed E-state index contributed by atoms with van der Waals surface area (Å²) in [4.78, 5) is 3.78. The number of pyridine rings is 1. The van der Waals surface area contributed by atoms with E-state index in [2.05, 4.69) is 4.98 Å². The van der Waals surface area contributed by atoms with E-state index < -0.39 is 0 Å². The molecule has 0 N–H and O–H groups in total. The fourth-order valence-electron chi connectivity index (χ4n) is 0.313. The van der Waals surface area contributed by atoms with Crippen LogP contribution >= 0.6 is 0 Å². The molecule has 0 radical (unpaired) electrons. The van der Waals surface area contributed by atoms with Gasteiger partial charge in [0.1, 0.15) is 0 Å². The zero-order chi connectivity index (χ0) is 8.95. The molecule has 0 fully saturated rings. The molecule has 1 rings (SSSR count). The molecular formula is C9H14N2. The lowest BCUT2D eigenvalue weighted by Crippen LogP contribution is -1.58. The summed E-state index contributed by atoms with van der Waals surface area (Å²) >= 11 is 0. The highest BCUT2D eigenvalue weighted by Crippen LogP contribution is 1.73. The van der Waals surface area contributed by atoms with Crippen LogP contribution in [0.4, 0.5) is 0 Å². The highest BCUT2D eigenvalue weighted by Gasteiger charge is 1.58. The maximum Gasteiger partial charge on any atom is 0.0587 e. The Hall–Kier alpha value is -1.36. The van der Waals surface area contributed by atoms with E-state index in [-0.39, 0.29) is 0 Å². The lowest BCUT2D eigenvalue weighted by molar-refractivity contribution is 1.33. The van der Waals surface area contributed by atoms with Crippen LogP contribution in [0, 0.1) is 11.3 Å². The third kappa shape index (κ3) is 17.7. The van der Waals surface area contributed by atoms with Crippen molar-refractivity contribution in [1.29, 1.82) is 5.26 Å². The molecule has 2 nitrogen and oxygen atoms in total. The zero-order valence-corrected chi connectivity index (χ0v) is 7.28. The van der Waals surface area contributed by atoms with E-state index in [9.17, 15) is 0 Å². The van der Waals surface area contributed by atoms with E-state index in [0.29, 0.717) is 0 Å². The third-order valence-corrected chi connectivity index (χ3v) is 0.566. The van der Waals surface area contributed by atoms with Crippen molar-refractivity contribution in [3.8, 4) is 6.07 Å². The molecule has 0 aliphatic rings. The molecule has 0 atom stereocenters. The second kappa shape index (κ2) is 15.9. The number of aromatic nitrogens is 1. The van der Waals surface area contributed by atoms with Crippen molar-refractivity contribution in [2.45, 2.75) is 20.8 Å². The molecule has 11 heavy (non-hydrogen) atoms. The maximum absolute atomic E-state index is 7.32. The standard InChI is InChI=1S/C5H5N.C2H3N.C2H6/c1-2-4-6-5-3-1;1-2-3;1-2/h1-5H;1H3;1-2H3. The van der Waals surface area contributed by atoms with Crippen molar-refractivity contribution >= 4 is 0 Å². The van der Waals surface area contributed by atoms with E-state index in [1.54, 1.807) is 18.5 Å². The first kappa shape index (κ1) is 12.3. The van der Waals surface area contributed by atoms with Crippen molar-refractivity contribution in [1.82, 2.24) is 4.98 Å². The average Bonchev–Trinajstić information content (AvgIpc) is 2.12. The molecule has 1 heterocycles. The van der Waals surface area contributed by atoms with E-state index in [1.165, 1.54) is 6.92 Å². The molecule has 0 aliphatic heterocycles. The molecule has 2 heteroatoms. The molecule has 0 amide bonds. The van der Waals surface area contributed by atoms with Crippen LogP contribution in [0.25, 0.3) is 0 Å². The summed E-state index contributed by atoms with van der Waals surface area (Å²) < 4.78 is 0. The van der Waals surface area contributed by atoms with E-state index in [0.717, 1.165) is 0 Å². The summed E-state index contributed by atoms with van der Waals surface area (Å²) in [6, 6.07) is 7.47. The number of hydrogen-bond acceptors (Lipinski definition) is 2. The molecule has 0 saturated carbocycles. The van der Waals surface area contributed by atoms with Gasteiger partial charge in [0.05, 0.1) is 6.07 Å². The van der Waals surface area contributed by atoms with Crippen LogP contribution in [0.15, 0.2) is 30.6 Å². The van der Waals surface area contributed by atoms with Crippen LogP contribution in [0.3, 0.4) is 0 Å². The Morgan fingerprint density at radius 1 is 1.09 bits per heavy atom. The van der Waals surface area contributed by atoms with Crippen molar-refractivity contribution in [2.24, 2.45) is 0 Å². The van der Waals surface area contributed by atoms with Gasteiger partial charge in [-0.3, -0.25) is 4.98 Å². The average molecular weight is 150 g/mol. The second-order valence-electron chi connectivity index (χ2n) is 1.25. The zero-order valence-electron chi connectivity index (χ0n) is 7.28. The monoisotopic (exact) mass is 150 g/mol. The molecule has 1 aromatic heterocycles. The Morgan fingerprint density at radius 3 is 1.55 bits per heavy atom. The van der Waals surface area contributed by atoms with E-state index >= 15 is 0 Å². The van der Waals surface area contributed by atoms with Crippen molar-refractivity contribution in [3.05, 3.63) is 30.6 Å². The van der Waals surface area contributed by atoms with Gasteiger partial charge in [-0.15, -0.1) is 0 Å². The largest absolute Gasteiger partial charge is 0.265 e. The minimum absolute atomic E-state index is 1.43. The van der Waals surface area contributed by atoms with Crippen LogP contribution < -0.4 is 0 Å². The number of nitrogens with zero attached hydrogens (tertiary/aromatic N) is 2. The maximum atomic E-state index is 7.32. The van der Waals surface area contributed by atoms with Crippen molar-refractivity contribution < 1.29 is 0 Å². The van der Waals surface area contributed by atoms with Gasteiger partial charge in [0.2, 0.25) is 0 Å². The Morgan fingerprint density at radius 2 is 1.45 bits per heavy atom. The highest BCUT2D eigenvalue weighted by molar-refractivity contribution is 4.88. The summed E-state index contributed by atoms with van der Waals surface area (Å²) in [5.74, 6) is 0. The van der Waals surface area contributed by atoms with Gasteiger partial charge in [0.25, 0.3) is 0 Å². The van der Waals surface area contributed by atoms with Gasteiger partial charge in [-0.05, 0) is 12.1 Å². The molecule has 0 saturated heterocycles. The van der Waals surface area contributed by atoms with Crippen LogP contribution in [-0.2, 0) is 0 Å². The quantitative estimate of drug-likeness (QED) is 0.570. The number of nitriles is 1. The Kier molecular flexibility index (Phi) is 17.8. The first-order chi connectivity index (χ1) is 5.41. The van der Waals surface area contributed by atoms with Crippen molar-refractivity contribution in [2.75, 3.05) is 0 Å². The second-order valence-corrected chi connectivity index (χ2v) is 1.25. The van der Waals surface area contributed by atoms with Crippen molar-refractivity contribution in [3.63, 3.8) is 0 Å². The van der Waals surface area contributed by atoms with E-state index in [1.807, 2.05) is 32.0 Å². The van der Waals surface area contributed by atoms with Gasteiger partial charge < -0.3 is 0 Å². The summed E-state index contributed by atoms with van der Waals surface area (Å²) in [6.07, 6.45) is 3.50. The van der Waals surface area contributed by atoms with E-state index in [4.69, 9.17) is 5.26 Å². The third-order valence-electron chi connectivity index (χ3n) is 0.566. The number of hydrogen-bond donors (Lipinski definition) is 0. The summed E-state index contributed by atoms with van der Waals surface area (Å²) in [5, 5.41) is 7.32. The lowest BCUT2D eigenvalue weighted by atomic mass is 10.5. The summed E-state index contributed by atoms with van der Waals surface area (Å²) in [6.45, 7) is 5.43. The van der Waals surface area contributed by atoms with Gasteiger partial charge in [-0.1, -0.05) is 19.9 Å². The Bertz CT molecular complexity index is 138. The predicted molar refractivity (Wildman–Crippen MR) is 46.9 cm³/mol.